The number of amides is 2. The molecule has 1 saturated heterocycles. The van der Waals surface area contributed by atoms with Crippen LogP contribution in [0.3, 0.4) is 0 Å². The highest BCUT2D eigenvalue weighted by molar-refractivity contribution is 8.01. The second kappa shape index (κ2) is 17.7. The van der Waals surface area contributed by atoms with Crippen molar-refractivity contribution in [3.63, 3.8) is 0 Å². The van der Waals surface area contributed by atoms with Gasteiger partial charge in [-0.1, -0.05) is 103 Å². The number of aromatic nitrogens is 1. The monoisotopic (exact) mass is 711 g/mol. The SMILES string of the molecule is O=C(CCCCCC(=O)NCc1ccccc1-c1ccc([C@H]2O[C@@H](CSc3nc4ccccc4s3)C[C@@H](c3ccc(CO)cc3)O2)cc1)NO. The predicted octanol–water partition coefficient (Wildman–Crippen LogP) is 7.87. The van der Waals surface area contributed by atoms with Crippen LogP contribution in [-0.2, 0) is 32.2 Å². The van der Waals surface area contributed by atoms with Gasteiger partial charge in [0.05, 0.1) is 29.0 Å². The van der Waals surface area contributed by atoms with E-state index in [1.807, 2.05) is 72.8 Å². The summed E-state index contributed by atoms with van der Waals surface area (Å²) in [6.07, 6.45) is 2.55. The number of rotatable bonds is 15. The van der Waals surface area contributed by atoms with Gasteiger partial charge in [0.1, 0.15) is 0 Å². The van der Waals surface area contributed by atoms with E-state index < -0.39 is 12.2 Å². The third-order valence-electron chi connectivity index (χ3n) is 8.70. The van der Waals surface area contributed by atoms with Crippen molar-refractivity contribution in [1.29, 1.82) is 0 Å². The van der Waals surface area contributed by atoms with Gasteiger partial charge >= 0.3 is 0 Å². The molecule has 1 aliphatic rings. The van der Waals surface area contributed by atoms with Gasteiger partial charge in [-0.25, -0.2) is 10.5 Å². The second-order valence-corrected chi connectivity index (χ2v) is 14.6. The lowest BCUT2D eigenvalue weighted by atomic mass is 9.97. The van der Waals surface area contributed by atoms with E-state index >= 15 is 0 Å². The number of carbonyl (C=O) groups excluding carboxylic acids is 2. The molecular formula is C39H41N3O6S2. The van der Waals surface area contributed by atoms with E-state index in [1.54, 1.807) is 28.6 Å². The summed E-state index contributed by atoms with van der Waals surface area (Å²) in [6.45, 7) is 0.402. The molecule has 0 saturated carbocycles. The topological polar surface area (TPSA) is 130 Å². The first kappa shape index (κ1) is 35.7. The zero-order valence-electron chi connectivity index (χ0n) is 27.6. The number of ether oxygens (including phenoxy) is 2. The standard InChI is InChI=1S/C39H41N3O6S2/c43-24-26-14-16-28(17-15-26)34-22-31(25-49-39-41-33-10-6-7-11-35(33)50-39)47-38(48-34)29-20-18-27(19-21-29)32-9-5-4-8-30(32)23-40-36(44)12-2-1-3-13-37(45)42-46/h4-11,14-21,31,34,38,43,46H,1-3,12-13,22-25H2,(H,40,44)(H,42,45)/t31-,34+,38+/m1/s1. The van der Waals surface area contributed by atoms with Gasteiger partial charge in [0, 0.05) is 37.1 Å². The number of hydrogen-bond acceptors (Lipinski definition) is 9. The lowest BCUT2D eigenvalue weighted by Crippen LogP contribution is -2.31. The zero-order chi connectivity index (χ0) is 34.7. The molecule has 260 valence electrons. The molecular weight excluding hydrogens is 671 g/mol. The fourth-order valence-electron chi connectivity index (χ4n) is 5.96. The van der Waals surface area contributed by atoms with Crippen molar-refractivity contribution < 1.29 is 29.4 Å². The Hall–Kier alpha value is -4.10. The Morgan fingerprint density at radius 3 is 2.32 bits per heavy atom. The average Bonchev–Trinajstić information content (AvgIpc) is 3.59. The van der Waals surface area contributed by atoms with Crippen molar-refractivity contribution in [3.05, 3.63) is 119 Å². The second-order valence-electron chi connectivity index (χ2n) is 12.3. The summed E-state index contributed by atoms with van der Waals surface area (Å²) in [5, 5.41) is 21.2. The predicted molar refractivity (Wildman–Crippen MR) is 196 cm³/mol. The number of aliphatic hydroxyl groups is 1. The largest absolute Gasteiger partial charge is 0.392 e. The minimum absolute atomic E-state index is 0.00410. The fourth-order valence-corrected chi connectivity index (χ4v) is 8.07. The molecule has 5 aromatic rings. The first-order valence-corrected chi connectivity index (χ1v) is 18.7. The van der Waals surface area contributed by atoms with Gasteiger partial charge in [-0.15, -0.1) is 11.3 Å². The molecule has 3 atom stereocenters. The Balaban J connectivity index is 1.11. The van der Waals surface area contributed by atoms with E-state index in [2.05, 4.69) is 29.6 Å². The van der Waals surface area contributed by atoms with Crippen LogP contribution in [0.2, 0.25) is 0 Å². The van der Waals surface area contributed by atoms with Crippen LogP contribution in [0, 0.1) is 0 Å². The van der Waals surface area contributed by atoms with E-state index in [0.717, 1.165) is 55.4 Å². The molecule has 50 heavy (non-hydrogen) atoms. The highest BCUT2D eigenvalue weighted by atomic mass is 32.2. The number of aliphatic hydroxyl groups excluding tert-OH is 1. The van der Waals surface area contributed by atoms with Gasteiger partial charge in [-0.3, -0.25) is 14.8 Å². The minimum Gasteiger partial charge on any atom is -0.392 e. The summed E-state index contributed by atoms with van der Waals surface area (Å²) in [7, 11) is 0. The van der Waals surface area contributed by atoms with Crippen LogP contribution >= 0.6 is 23.1 Å². The molecule has 1 fully saturated rings. The number of thiazole rings is 1. The normalized spacial score (nSPS) is 17.4. The first-order chi connectivity index (χ1) is 24.5. The number of nitrogens with zero attached hydrogens (tertiary/aromatic N) is 1. The van der Waals surface area contributed by atoms with Crippen LogP contribution in [0.15, 0.2) is 101 Å². The van der Waals surface area contributed by atoms with Crippen molar-refractivity contribution >= 4 is 45.1 Å². The van der Waals surface area contributed by atoms with Crippen LogP contribution in [0.1, 0.15) is 73.2 Å². The summed E-state index contributed by atoms with van der Waals surface area (Å²) >= 11 is 3.41. The number of unbranched alkanes of at least 4 members (excludes halogenated alkanes) is 2. The van der Waals surface area contributed by atoms with Gasteiger partial charge < -0.3 is 19.9 Å². The molecule has 2 heterocycles. The van der Waals surface area contributed by atoms with E-state index in [-0.39, 0.29) is 31.1 Å². The number of hydroxylamine groups is 1. The molecule has 6 rings (SSSR count). The number of para-hydroxylation sites is 1. The van der Waals surface area contributed by atoms with Gasteiger partial charge in [-0.2, -0.15) is 0 Å². The van der Waals surface area contributed by atoms with Gasteiger partial charge in [0.15, 0.2) is 10.6 Å². The van der Waals surface area contributed by atoms with Crippen molar-refractivity contribution in [2.75, 3.05) is 5.75 Å². The third kappa shape index (κ3) is 9.57. The highest BCUT2D eigenvalue weighted by Crippen LogP contribution is 2.40. The van der Waals surface area contributed by atoms with Crippen LogP contribution in [0.5, 0.6) is 0 Å². The number of thioether (sulfide) groups is 1. The first-order valence-electron chi connectivity index (χ1n) is 16.9. The maximum Gasteiger partial charge on any atom is 0.243 e. The van der Waals surface area contributed by atoms with Crippen LogP contribution in [-0.4, -0.2) is 39.0 Å². The van der Waals surface area contributed by atoms with Crippen LogP contribution in [0.25, 0.3) is 21.3 Å². The van der Waals surface area contributed by atoms with E-state index in [4.69, 9.17) is 19.7 Å². The molecule has 0 aliphatic carbocycles. The Bertz CT molecular complexity index is 1830. The smallest absolute Gasteiger partial charge is 0.243 e. The third-order valence-corrected chi connectivity index (χ3v) is 11.0. The number of nitrogens with one attached hydrogen (secondary N) is 2. The molecule has 1 aliphatic heterocycles. The summed E-state index contributed by atoms with van der Waals surface area (Å²) in [4.78, 5) is 28.5. The van der Waals surface area contributed by atoms with E-state index in [0.29, 0.717) is 32.2 Å². The molecule has 0 spiro atoms. The number of carbonyl (C=O) groups is 2. The van der Waals surface area contributed by atoms with Crippen molar-refractivity contribution in [1.82, 2.24) is 15.8 Å². The van der Waals surface area contributed by atoms with E-state index in [9.17, 15) is 14.7 Å². The number of benzene rings is 4. The molecule has 9 nitrogen and oxygen atoms in total. The molecule has 0 unspecified atom stereocenters. The molecule has 0 radical (unpaired) electrons. The molecule has 11 heteroatoms. The van der Waals surface area contributed by atoms with Crippen molar-refractivity contribution in [2.24, 2.45) is 0 Å². The maximum absolute atomic E-state index is 12.5. The van der Waals surface area contributed by atoms with Gasteiger partial charge in [0.2, 0.25) is 11.8 Å². The van der Waals surface area contributed by atoms with Gasteiger partial charge in [0.25, 0.3) is 0 Å². The Morgan fingerprint density at radius 2 is 1.56 bits per heavy atom. The number of hydrogen-bond donors (Lipinski definition) is 4. The lowest BCUT2D eigenvalue weighted by molar-refractivity contribution is -0.245. The lowest BCUT2D eigenvalue weighted by Gasteiger charge is -2.36. The quantitative estimate of drug-likeness (QED) is 0.0374. The molecule has 4 aromatic carbocycles. The number of fused-ring (bicyclic) bond motifs is 1. The zero-order valence-corrected chi connectivity index (χ0v) is 29.3. The Kier molecular flexibility index (Phi) is 12.7. The summed E-state index contributed by atoms with van der Waals surface area (Å²) < 4.78 is 15.3. The van der Waals surface area contributed by atoms with Crippen molar-refractivity contribution in [2.45, 2.75) is 74.5 Å². The molecule has 1 aromatic heterocycles. The fraction of sp³-hybridized carbons (Fsp3) is 0.308. The molecule has 4 N–H and O–H groups in total. The molecule has 2 amide bonds. The summed E-state index contributed by atoms with van der Waals surface area (Å²) in [6, 6.07) is 32.3. The summed E-state index contributed by atoms with van der Waals surface area (Å²) in [5.74, 6) is 0.292. The average molecular weight is 712 g/mol. The minimum atomic E-state index is -0.561. The van der Waals surface area contributed by atoms with Crippen LogP contribution < -0.4 is 10.8 Å². The Morgan fingerprint density at radius 1 is 0.840 bits per heavy atom. The summed E-state index contributed by atoms with van der Waals surface area (Å²) in [5.41, 5.74) is 8.53. The molecule has 0 bridgehead atoms. The van der Waals surface area contributed by atoms with Crippen LogP contribution in [0.4, 0.5) is 0 Å². The maximum atomic E-state index is 12.5. The van der Waals surface area contributed by atoms with Gasteiger partial charge in [-0.05, 0) is 52.8 Å². The highest BCUT2D eigenvalue weighted by Gasteiger charge is 2.32. The van der Waals surface area contributed by atoms with E-state index in [1.165, 1.54) is 4.70 Å². The van der Waals surface area contributed by atoms with Crippen molar-refractivity contribution in [3.8, 4) is 11.1 Å². The Labute approximate surface area is 300 Å².